The van der Waals surface area contributed by atoms with Gasteiger partial charge in [-0.05, 0) is 44.6 Å². The number of sulfonamides is 1. The smallest absolute Gasteiger partial charge is 0.209 e. The van der Waals surface area contributed by atoms with E-state index in [2.05, 4.69) is 9.71 Å². The second-order valence-electron chi connectivity index (χ2n) is 5.74. The van der Waals surface area contributed by atoms with Crippen molar-refractivity contribution < 1.29 is 8.42 Å². The van der Waals surface area contributed by atoms with E-state index in [1.54, 1.807) is 0 Å². The van der Waals surface area contributed by atoms with Crippen LogP contribution in [-0.4, -0.2) is 29.8 Å². The van der Waals surface area contributed by atoms with Crippen molar-refractivity contribution >= 4 is 33.3 Å². The summed E-state index contributed by atoms with van der Waals surface area (Å²) in [5, 5.41) is 0. The summed E-state index contributed by atoms with van der Waals surface area (Å²) in [4.78, 5) is 3.18. The summed E-state index contributed by atoms with van der Waals surface area (Å²) in [6, 6.07) is 5.96. The van der Waals surface area contributed by atoms with Gasteiger partial charge < -0.3 is 9.55 Å². The normalized spacial score (nSPS) is 13.0. The largest absolute Gasteiger partial charge is 0.330 e. The molecule has 2 aromatic rings. The number of aromatic amines is 1. The molecule has 2 rings (SSSR count). The number of hydrogen-bond acceptors (Lipinski definition) is 3. The van der Waals surface area contributed by atoms with E-state index in [4.69, 9.17) is 12.2 Å². The van der Waals surface area contributed by atoms with Crippen LogP contribution in [0.3, 0.4) is 0 Å². The molecule has 110 valence electrons. The van der Waals surface area contributed by atoms with Gasteiger partial charge in [0.25, 0.3) is 0 Å². The molecule has 1 aromatic carbocycles. The van der Waals surface area contributed by atoms with Crippen LogP contribution >= 0.6 is 12.2 Å². The molecule has 0 atom stereocenters. The van der Waals surface area contributed by atoms with Crippen LogP contribution in [-0.2, 0) is 16.6 Å². The van der Waals surface area contributed by atoms with Crippen LogP contribution in [0.25, 0.3) is 11.0 Å². The first-order valence-electron chi connectivity index (χ1n) is 6.26. The van der Waals surface area contributed by atoms with Crippen LogP contribution < -0.4 is 4.72 Å². The van der Waals surface area contributed by atoms with Gasteiger partial charge in [0.2, 0.25) is 10.0 Å². The average Bonchev–Trinajstić information content (AvgIpc) is 2.54. The summed E-state index contributed by atoms with van der Waals surface area (Å²) in [6.07, 6.45) is 1.16. The number of aromatic nitrogens is 2. The number of aryl methyl sites for hydroxylation is 1. The standard InChI is InChI=1S/C13H19N3O2S2/c1-9-6-5-7-10-11(9)14-12(19)16(10)8-13(2,3)15-20(4,17)18/h5-7,15H,8H2,1-4H3,(H,14,19). The van der Waals surface area contributed by atoms with Crippen LogP contribution in [0.5, 0.6) is 0 Å². The fraction of sp³-hybridized carbons (Fsp3) is 0.462. The zero-order valence-electron chi connectivity index (χ0n) is 12.0. The summed E-state index contributed by atoms with van der Waals surface area (Å²) in [7, 11) is -3.27. The second kappa shape index (κ2) is 4.98. The Morgan fingerprint density at radius 2 is 2.05 bits per heavy atom. The molecule has 0 aliphatic rings. The highest BCUT2D eigenvalue weighted by Gasteiger charge is 2.24. The molecule has 0 fully saturated rings. The maximum atomic E-state index is 11.4. The first-order chi connectivity index (χ1) is 9.09. The molecule has 2 N–H and O–H groups in total. The van der Waals surface area contributed by atoms with Crippen molar-refractivity contribution in [1.29, 1.82) is 0 Å². The van der Waals surface area contributed by atoms with Crippen LogP contribution in [0.2, 0.25) is 0 Å². The number of nitrogens with zero attached hydrogens (tertiary/aromatic N) is 1. The average molecular weight is 313 g/mol. The maximum absolute atomic E-state index is 11.4. The fourth-order valence-electron chi connectivity index (χ4n) is 2.41. The number of fused-ring (bicyclic) bond motifs is 1. The van der Waals surface area contributed by atoms with Gasteiger partial charge in [-0.2, -0.15) is 0 Å². The summed E-state index contributed by atoms with van der Waals surface area (Å²) in [6.45, 7) is 6.15. The minimum absolute atomic E-state index is 0.461. The van der Waals surface area contributed by atoms with Gasteiger partial charge in [-0.3, -0.25) is 0 Å². The second-order valence-corrected chi connectivity index (χ2v) is 7.88. The molecule has 5 nitrogen and oxygen atoms in total. The third kappa shape index (κ3) is 3.28. The fourth-order valence-corrected chi connectivity index (χ4v) is 3.74. The van der Waals surface area contributed by atoms with Crippen LogP contribution in [0.4, 0.5) is 0 Å². The molecule has 1 heterocycles. The van der Waals surface area contributed by atoms with E-state index < -0.39 is 15.6 Å². The first kappa shape index (κ1) is 15.2. The summed E-state index contributed by atoms with van der Waals surface area (Å²) < 4.78 is 28.0. The van der Waals surface area contributed by atoms with E-state index in [-0.39, 0.29) is 0 Å². The Morgan fingerprint density at radius 3 is 2.65 bits per heavy atom. The number of rotatable bonds is 4. The van der Waals surface area contributed by atoms with Crippen LogP contribution in [0.15, 0.2) is 18.2 Å². The Balaban J connectivity index is 2.47. The van der Waals surface area contributed by atoms with Gasteiger partial charge in [-0.25, -0.2) is 13.1 Å². The number of para-hydroxylation sites is 1. The minimum Gasteiger partial charge on any atom is -0.330 e. The highest BCUT2D eigenvalue weighted by atomic mass is 32.2. The van der Waals surface area contributed by atoms with Crippen molar-refractivity contribution in [2.45, 2.75) is 32.9 Å². The molecule has 0 saturated carbocycles. The third-order valence-electron chi connectivity index (χ3n) is 3.03. The molecular weight excluding hydrogens is 294 g/mol. The topological polar surface area (TPSA) is 66.9 Å². The lowest BCUT2D eigenvalue weighted by Gasteiger charge is -2.25. The van der Waals surface area contributed by atoms with Gasteiger partial charge >= 0.3 is 0 Å². The summed E-state index contributed by atoms with van der Waals surface area (Å²) >= 11 is 5.35. The quantitative estimate of drug-likeness (QED) is 0.851. The molecule has 1 aromatic heterocycles. The van der Waals surface area contributed by atoms with Crippen LogP contribution in [0.1, 0.15) is 19.4 Å². The third-order valence-corrected chi connectivity index (χ3v) is 4.28. The summed E-state index contributed by atoms with van der Waals surface area (Å²) in [5.74, 6) is 0. The van der Waals surface area contributed by atoms with Gasteiger partial charge in [0.05, 0.1) is 17.3 Å². The maximum Gasteiger partial charge on any atom is 0.209 e. The highest BCUT2D eigenvalue weighted by molar-refractivity contribution is 7.88. The minimum atomic E-state index is -3.27. The molecular formula is C13H19N3O2S2. The number of hydrogen-bond donors (Lipinski definition) is 2. The first-order valence-corrected chi connectivity index (χ1v) is 8.56. The van der Waals surface area contributed by atoms with Crippen molar-refractivity contribution in [3.63, 3.8) is 0 Å². The molecule has 0 amide bonds. The van der Waals surface area contributed by atoms with Crippen molar-refractivity contribution in [3.05, 3.63) is 28.5 Å². The van der Waals surface area contributed by atoms with Gasteiger partial charge in [0.15, 0.2) is 4.77 Å². The van der Waals surface area contributed by atoms with Crippen molar-refractivity contribution in [1.82, 2.24) is 14.3 Å². The lowest BCUT2D eigenvalue weighted by Crippen LogP contribution is -2.46. The Hall–Kier alpha value is -1.18. The zero-order valence-corrected chi connectivity index (χ0v) is 13.7. The molecule has 0 bridgehead atoms. The van der Waals surface area contributed by atoms with Crippen molar-refractivity contribution in [3.8, 4) is 0 Å². The molecule has 7 heteroatoms. The van der Waals surface area contributed by atoms with Gasteiger partial charge in [-0.15, -0.1) is 0 Å². The van der Waals surface area contributed by atoms with Gasteiger partial charge in [0.1, 0.15) is 0 Å². The van der Waals surface area contributed by atoms with E-state index in [9.17, 15) is 8.42 Å². The Labute approximate surface area is 124 Å². The molecule has 0 saturated heterocycles. The van der Waals surface area contributed by atoms with Crippen molar-refractivity contribution in [2.24, 2.45) is 0 Å². The van der Waals surface area contributed by atoms with Gasteiger partial charge in [-0.1, -0.05) is 12.1 Å². The lowest BCUT2D eigenvalue weighted by atomic mass is 10.1. The van der Waals surface area contributed by atoms with E-state index in [1.807, 2.05) is 43.5 Å². The van der Waals surface area contributed by atoms with Crippen LogP contribution in [0, 0.1) is 11.7 Å². The predicted molar refractivity (Wildman–Crippen MR) is 83.9 cm³/mol. The number of benzene rings is 1. The van der Waals surface area contributed by atoms with E-state index in [0.29, 0.717) is 11.3 Å². The number of nitrogens with one attached hydrogen (secondary N) is 2. The van der Waals surface area contributed by atoms with Gasteiger partial charge in [0, 0.05) is 12.1 Å². The predicted octanol–water partition coefficient (Wildman–Crippen LogP) is 2.34. The molecule has 0 spiro atoms. The number of H-pyrrole nitrogens is 1. The van der Waals surface area contributed by atoms with E-state index >= 15 is 0 Å². The molecule has 0 aliphatic heterocycles. The molecule has 20 heavy (non-hydrogen) atoms. The zero-order chi connectivity index (χ0) is 15.1. The lowest BCUT2D eigenvalue weighted by molar-refractivity contribution is 0.394. The Morgan fingerprint density at radius 1 is 1.40 bits per heavy atom. The number of imidazole rings is 1. The van der Waals surface area contributed by atoms with E-state index in [1.165, 1.54) is 0 Å². The van der Waals surface area contributed by atoms with E-state index in [0.717, 1.165) is 22.9 Å². The Bertz CT molecular complexity index is 801. The molecule has 0 aliphatic carbocycles. The monoisotopic (exact) mass is 313 g/mol. The highest BCUT2D eigenvalue weighted by Crippen LogP contribution is 2.20. The molecule has 0 radical (unpaired) electrons. The SMILES string of the molecule is Cc1cccc2c1[nH]c(=S)n2CC(C)(C)NS(C)(=O)=O. The summed E-state index contributed by atoms with van der Waals surface area (Å²) in [5.41, 5.74) is 2.47. The molecule has 0 unspecified atom stereocenters. The van der Waals surface area contributed by atoms with Crippen molar-refractivity contribution in [2.75, 3.05) is 6.26 Å². The Kier molecular flexibility index (Phi) is 3.79.